The molecule has 0 atom stereocenters. The Hall–Kier alpha value is -1.60. The molecule has 0 amide bonds. The number of aryl methyl sites for hydroxylation is 2. The zero-order valence-electron chi connectivity index (χ0n) is 11.9. The molecule has 0 radical (unpaired) electrons. The molecule has 1 aromatic heterocycles. The maximum atomic E-state index is 8.88. The highest BCUT2D eigenvalue weighted by Crippen LogP contribution is 2.31. The van der Waals surface area contributed by atoms with Gasteiger partial charge in [-0.3, -0.25) is 0 Å². The fourth-order valence-corrected chi connectivity index (χ4v) is 3.27. The van der Waals surface area contributed by atoms with E-state index in [-0.39, 0.29) is 5.84 Å². The number of hydrogen-bond donors (Lipinski definition) is 2. The molecule has 0 aliphatic carbocycles. The fourth-order valence-electron chi connectivity index (χ4n) is 1.73. The smallest absolute Gasteiger partial charge is 0.192 e. The number of aromatic nitrogens is 2. The number of hydrogen-bond acceptors (Lipinski definition) is 5. The monoisotopic (exact) mass is 366 g/mol. The summed E-state index contributed by atoms with van der Waals surface area (Å²) in [6, 6.07) is 5.52. The van der Waals surface area contributed by atoms with Gasteiger partial charge in [-0.15, -0.1) is 0 Å². The van der Waals surface area contributed by atoms with E-state index in [9.17, 15) is 0 Å². The van der Waals surface area contributed by atoms with E-state index in [2.05, 4.69) is 31.1 Å². The lowest BCUT2D eigenvalue weighted by atomic mass is 10.2. The summed E-state index contributed by atoms with van der Waals surface area (Å²) in [4.78, 5) is 9.78. The second-order valence-corrected chi connectivity index (χ2v) is 6.45. The third-order valence-corrected chi connectivity index (χ3v) is 4.56. The lowest BCUT2D eigenvalue weighted by Gasteiger charge is -2.10. The number of halogens is 1. The Kier molecular flexibility index (Phi) is 4.84. The molecule has 0 saturated carbocycles. The highest BCUT2D eigenvalue weighted by molar-refractivity contribution is 9.10. The molecular formula is C14H15BrN4OS. The van der Waals surface area contributed by atoms with Crippen LogP contribution in [-0.2, 0) is 0 Å². The predicted octanol–water partition coefficient (Wildman–Crippen LogP) is 3.41. The summed E-state index contributed by atoms with van der Waals surface area (Å²) in [5, 5.41) is 12.6. The topological polar surface area (TPSA) is 84.4 Å². The van der Waals surface area contributed by atoms with Gasteiger partial charge < -0.3 is 10.9 Å². The molecule has 0 aliphatic heterocycles. The Morgan fingerprint density at radius 2 is 1.86 bits per heavy atom. The molecule has 7 heteroatoms. The summed E-state index contributed by atoms with van der Waals surface area (Å²) >= 11 is 4.81. The first kappa shape index (κ1) is 15.8. The minimum atomic E-state index is 0.0607. The molecule has 2 aromatic rings. The fraction of sp³-hybridized carbons (Fsp3) is 0.214. The van der Waals surface area contributed by atoms with Crippen molar-refractivity contribution in [2.75, 3.05) is 0 Å². The van der Waals surface area contributed by atoms with Crippen molar-refractivity contribution in [3.05, 3.63) is 45.2 Å². The molecule has 0 unspecified atom stereocenters. The number of benzene rings is 1. The number of rotatable bonds is 3. The largest absolute Gasteiger partial charge is 0.409 e. The zero-order chi connectivity index (χ0) is 15.6. The van der Waals surface area contributed by atoms with E-state index >= 15 is 0 Å². The SMILES string of the molecule is Cc1nc(Sc2cc(Br)ccc2/C(N)=N/O)nc(C)c1C. The van der Waals surface area contributed by atoms with Gasteiger partial charge in [0.15, 0.2) is 11.0 Å². The lowest BCUT2D eigenvalue weighted by molar-refractivity contribution is 0.318. The average Bonchev–Trinajstić information content (AvgIpc) is 2.44. The minimum Gasteiger partial charge on any atom is -0.409 e. The quantitative estimate of drug-likeness (QED) is 0.286. The van der Waals surface area contributed by atoms with Crippen LogP contribution in [0.5, 0.6) is 0 Å². The summed E-state index contributed by atoms with van der Waals surface area (Å²) in [6.45, 7) is 5.92. The van der Waals surface area contributed by atoms with Crippen molar-refractivity contribution in [1.82, 2.24) is 9.97 Å². The van der Waals surface area contributed by atoms with Gasteiger partial charge in [0.25, 0.3) is 0 Å². The summed E-state index contributed by atoms with van der Waals surface area (Å²) in [5.41, 5.74) is 9.34. The molecule has 0 aliphatic rings. The number of amidine groups is 1. The average molecular weight is 367 g/mol. The lowest BCUT2D eigenvalue weighted by Crippen LogP contribution is -2.14. The standard InChI is InChI=1S/C14H15BrN4OS/c1-7-8(2)17-14(18-9(7)3)21-12-6-10(15)4-5-11(12)13(16)19-20/h4-6,20H,1-3H3,(H2,16,19). The van der Waals surface area contributed by atoms with Gasteiger partial charge in [0.05, 0.1) is 0 Å². The van der Waals surface area contributed by atoms with E-state index in [1.165, 1.54) is 11.8 Å². The first-order valence-electron chi connectivity index (χ1n) is 6.19. The van der Waals surface area contributed by atoms with Crippen molar-refractivity contribution in [3.8, 4) is 0 Å². The summed E-state index contributed by atoms with van der Waals surface area (Å²) in [7, 11) is 0. The van der Waals surface area contributed by atoms with E-state index in [0.717, 1.165) is 26.3 Å². The van der Waals surface area contributed by atoms with Gasteiger partial charge in [-0.1, -0.05) is 21.1 Å². The van der Waals surface area contributed by atoms with Crippen molar-refractivity contribution >= 4 is 33.5 Å². The molecule has 110 valence electrons. The highest BCUT2D eigenvalue weighted by Gasteiger charge is 2.12. The van der Waals surface area contributed by atoms with Crippen molar-refractivity contribution in [1.29, 1.82) is 0 Å². The summed E-state index contributed by atoms with van der Waals surface area (Å²) in [5.74, 6) is 0.0607. The van der Waals surface area contributed by atoms with Gasteiger partial charge in [0.1, 0.15) is 0 Å². The van der Waals surface area contributed by atoms with Gasteiger partial charge in [0.2, 0.25) is 0 Å². The third kappa shape index (κ3) is 3.54. The van der Waals surface area contributed by atoms with Gasteiger partial charge in [-0.2, -0.15) is 0 Å². The second kappa shape index (κ2) is 6.44. The maximum Gasteiger partial charge on any atom is 0.192 e. The van der Waals surface area contributed by atoms with Crippen LogP contribution in [-0.4, -0.2) is 21.0 Å². The third-order valence-electron chi connectivity index (χ3n) is 3.14. The first-order valence-corrected chi connectivity index (χ1v) is 7.80. The van der Waals surface area contributed by atoms with Crippen molar-refractivity contribution in [3.63, 3.8) is 0 Å². The molecule has 0 spiro atoms. The summed E-state index contributed by atoms with van der Waals surface area (Å²) in [6.07, 6.45) is 0. The Labute approximate surface area is 135 Å². The second-order valence-electron chi connectivity index (χ2n) is 4.53. The summed E-state index contributed by atoms with van der Waals surface area (Å²) < 4.78 is 0.903. The van der Waals surface area contributed by atoms with Crippen LogP contribution in [0.4, 0.5) is 0 Å². The van der Waals surface area contributed by atoms with Crippen LogP contribution in [0.25, 0.3) is 0 Å². The van der Waals surface area contributed by atoms with E-state index in [0.29, 0.717) is 10.7 Å². The van der Waals surface area contributed by atoms with E-state index in [1.807, 2.05) is 32.9 Å². The molecule has 0 saturated heterocycles. The molecule has 5 nitrogen and oxygen atoms in total. The number of nitrogens with zero attached hydrogens (tertiary/aromatic N) is 3. The molecule has 3 N–H and O–H groups in total. The number of oxime groups is 1. The van der Waals surface area contributed by atoms with Crippen LogP contribution in [0, 0.1) is 20.8 Å². The number of nitrogens with two attached hydrogens (primary N) is 1. The molecule has 0 fully saturated rings. The van der Waals surface area contributed by atoms with Gasteiger partial charge in [-0.25, -0.2) is 9.97 Å². The highest BCUT2D eigenvalue weighted by atomic mass is 79.9. The van der Waals surface area contributed by atoms with Crippen molar-refractivity contribution in [2.24, 2.45) is 10.9 Å². The van der Waals surface area contributed by atoms with Crippen LogP contribution in [0.15, 0.2) is 37.9 Å². The zero-order valence-corrected chi connectivity index (χ0v) is 14.3. The van der Waals surface area contributed by atoms with Crippen molar-refractivity contribution < 1.29 is 5.21 Å². The molecule has 21 heavy (non-hydrogen) atoms. The first-order chi connectivity index (χ1) is 9.92. The van der Waals surface area contributed by atoms with Crippen LogP contribution in [0.3, 0.4) is 0 Å². The van der Waals surface area contributed by atoms with Gasteiger partial charge in [0, 0.05) is 26.3 Å². The molecule has 1 aromatic carbocycles. The van der Waals surface area contributed by atoms with Crippen LogP contribution in [0.2, 0.25) is 0 Å². The van der Waals surface area contributed by atoms with Gasteiger partial charge >= 0.3 is 0 Å². The minimum absolute atomic E-state index is 0.0607. The Morgan fingerprint density at radius 3 is 2.43 bits per heavy atom. The Bertz CT molecular complexity index is 695. The Balaban J connectivity index is 2.46. The molecular weight excluding hydrogens is 352 g/mol. The Morgan fingerprint density at radius 1 is 1.24 bits per heavy atom. The van der Waals surface area contributed by atoms with Crippen LogP contribution in [0.1, 0.15) is 22.5 Å². The maximum absolute atomic E-state index is 8.88. The molecule has 2 rings (SSSR count). The van der Waals surface area contributed by atoms with Crippen molar-refractivity contribution in [2.45, 2.75) is 30.8 Å². The van der Waals surface area contributed by atoms with E-state index in [1.54, 1.807) is 6.07 Å². The van der Waals surface area contributed by atoms with Crippen LogP contribution >= 0.6 is 27.7 Å². The normalized spacial score (nSPS) is 11.7. The van der Waals surface area contributed by atoms with Crippen LogP contribution < -0.4 is 5.73 Å². The predicted molar refractivity (Wildman–Crippen MR) is 87.0 cm³/mol. The van der Waals surface area contributed by atoms with E-state index in [4.69, 9.17) is 10.9 Å². The van der Waals surface area contributed by atoms with Gasteiger partial charge in [-0.05, 0) is 56.3 Å². The molecule has 0 bridgehead atoms. The molecule has 1 heterocycles. The van der Waals surface area contributed by atoms with E-state index < -0.39 is 0 Å².